The molecule has 0 heterocycles. The summed E-state index contributed by atoms with van der Waals surface area (Å²) >= 11 is 0. The van der Waals surface area contributed by atoms with Gasteiger partial charge in [0, 0.05) is 26.1 Å². The van der Waals surface area contributed by atoms with Gasteiger partial charge in [0.1, 0.15) is 5.75 Å². The Hall–Kier alpha value is -4.26. The molecule has 0 saturated heterocycles. The van der Waals surface area contributed by atoms with Crippen LogP contribution in [0, 0.1) is 0 Å². The number of carbonyl (C=O) groups is 2. The van der Waals surface area contributed by atoms with Gasteiger partial charge in [-0.1, -0.05) is 48.5 Å². The zero-order valence-corrected chi connectivity index (χ0v) is 21.3. The Kier molecular flexibility index (Phi) is 10.6. The molecule has 0 saturated carbocycles. The van der Waals surface area contributed by atoms with Gasteiger partial charge in [0.05, 0.1) is 26.7 Å². The summed E-state index contributed by atoms with van der Waals surface area (Å²) < 4.78 is 16.9. The first-order valence-electron chi connectivity index (χ1n) is 12.2. The van der Waals surface area contributed by atoms with Crippen molar-refractivity contribution in [1.29, 1.82) is 0 Å². The molecule has 0 aliphatic carbocycles. The van der Waals surface area contributed by atoms with Crippen molar-refractivity contribution in [2.24, 2.45) is 0 Å². The molecule has 0 fully saturated rings. The summed E-state index contributed by atoms with van der Waals surface area (Å²) in [5.74, 6) is 0.926. The molecule has 3 rings (SSSR count). The molecule has 7 nitrogen and oxygen atoms in total. The van der Waals surface area contributed by atoms with Crippen molar-refractivity contribution in [3.63, 3.8) is 0 Å². The minimum Gasteiger partial charge on any atom is -0.493 e. The van der Waals surface area contributed by atoms with E-state index in [1.165, 1.54) is 18.7 Å². The van der Waals surface area contributed by atoms with Gasteiger partial charge in [0.2, 0.25) is 5.91 Å². The summed E-state index contributed by atoms with van der Waals surface area (Å²) in [5, 5.41) is 8.75. The lowest BCUT2D eigenvalue weighted by Gasteiger charge is -2.17. The number of carbonyl (C=O) groups excluding carboxylic acids is 1. The van der Waals surface area contributed by atoms with E-state index in [9.17, 15) is 9.59 Å². The third-order valence-corrected chi connectivity index (χ3v) is 5.70. The van der Waals surface area contributed by atoms with E-state index in [4.69, 9.17) is 19.3 Å². The Morgan fingerprint density at radius 1 is 0.892 bits per heavy atom. The number of rotatable bonds is 14. The van der Waals surface area contributed by atoms with Crippen LogP contribution in [0.2, 0.25) is 0 Å². The molecular formula is C30H33NO6. The van der Waals surface area contributed by atoms with Gasteiger partial charge in [-0.2, -0.15) is 0 Å². The van der Waals surface area contributed by atoms with Gasteiger partial charge in [-0.15, -0.1) is 0 Å². The lowest BCUT2D eigenvalue weighted by Crippen LogP contribution is -2.30. The molecule has 194 valence electrons. The molecule has 1 N–H and O–H groups in total. The predicted octanol–water partition coefficient (Wildman–Crippen LogP) is 4.88. The summed E-state index contributed by atoms with van der Waals surface area (Å²) in [4.78, 5) is 25.0. The Morgan fingerprint density at radius 3 is 2.32 bits per heavy atom. The molecule has 0 bridgehead atoms. The predicted molar refractivity (Wildman–Crippen MR) is 143 cm³/mol. The smallest absolute Gasteiger partial charge is 0.328 e. The van der Waals surface area contributed by atoms with E-state index < -0.39 is 5.97 Å². The van der Waals surface area contributed by atoms with E-state index in [0.29, 0.717) is 49.7 Å². The Bertz CT molecular complexity index is 1170. The van der Waals surface area contributed by atoms with Crippen LogP contribution in [-0.4, -0.2) is 55.8 Å². The van der Waals surface area contributed by atoms with Gasteiger partial charge < -0.3 is 24.2 Å². The maximum Gasteiger partial charge on any atom is 0.328 e. The number of amides is 1. The summed E-state index contributed by atoms with van der Waals surface area (Å²) in [6, 6.07) is 23.0. The van der Waals surface area contributed by atoms with Crippen LogP contribution < -0.4 is 14.2 Å². The van der Waals surface area contributed by atoms with E-state index in [1.54, 1.807) is 23.1 Å². The average molecular weight is 504 g/mol. The van der Waals surface area contributed by atoms with Crippen LogP contribution in [0.1, 0.15) is 23.1 Å². The number of nitrogens with zero attached hydrogens (tertiary/aromatic N) is 1. The normalized spacial score (nSPS) is 10.8. The number of carboxylic acids is 1. The summed E-state index contributed by atoms with van der Waals surface area (Å²) in [6.45, 7) is 1.59. The molecule has 3 aromatic rings. The number of hydrogen-bond donors (Lipinski definition) is 1. The average Bonchev–Trinajstić information content (AvgIpc) is 2.92. The number of likely N-dealkylation sites (N-methyl/N-ethyl adjacent to an activating group) is 1. The molecule has 0 aliphatic heterocycles. The lowest BCUT2D eigenvalue weighted by molar-refractivity contribution is -0.131. The van der Waals surface area contributed by atoms with Crippen molar-refractivity contribution in [2.45, 2.75) is 19.3 Å². The second-order valence-corrected chi connectivity index (χ2v) is 8.50. The number of carboxylic acid groups (broad SMARTS) is 1. The Morgan fingerprint density at radius 2 is 1.62 bits per heavy atom. The van der Waals surface area contributed by atoms with Gasteiger partial charge in [-0.3, -0.25) is 4.79 Å². The van der Waals surface area contributed by atoms with E-state index in [0.717, 1.165) is 23.8 Å². The van der Waals surface area contributed by atoms with E-state index in [-0.39, 0.29) is 5.91 Å². The third-order valence-electron chi connectivity index (χ3n) is 5.70. The van der Waals surface area contributed by atoms with Gasteiger partial charge in [-0.25, -0.2) is 4.79 Å². The van der Waals surface area contributed by atoms with Crippen molar-refractivity contribution in [3.8, 4) is 17.2 Å². The highest BCUT2D eigenvalue weighted by molar-refractivity contribution is 5.85. The van der Waals surface area contributed by atoms with Crippen molar-refractivity contribution >= 4 is 18.0 Å². The fraction of sp³-hybridized carbons (Fsp3) is 0.267. The number of aliphatic carboxylic acids is 1. The van der Waals surface area contributed by atoms with Crippen molar-refractivity contribution < 1.29 is 28.9 Å². The lowest BCUT2D eigenvalue weighted by atomic mass is 10.1. The number of methoxy groups -OCH3 is 1. The van der Waals surface area contributed by atoms with Crippen LogP contribution in [0.15, 0.2) is 78.9 Å². The summed E-state index contributed by atoms with van der Waals surface area (Å²) in [6.07, 6.45) is 4.42. The first-order chi connectivity index (χ1) is 17.9. The van der Waals surface area contributed by atoms with Gasteiger partial charge in [0.15, 0.2) is 11.5 Å². The monoisotopic (exact) mass is 503 g/mol. The summed E-state index contributed by atoms with van der Waals surface area (Å²) in [7, 11) is 3.38. The molecular weight excluding hydrogens is 470 g/mol. The molecule has 0 atom stereocenters. The standard InChI is InChI=1S/C30H33NO6/c1-31(18-17-23-7-4-3-5-8-23)29(32)22-25-9-13-26(14-10-25)36-19-6-20-37-27-15-11-24(12-16-30(33)34)21-28(27)35-2/h3-5,7-16,21H,6,17-20,22H2,1-2H3,(H,33,34)/b16-12+. The van der Waals surface area contributed by atoms with Crippen LogP contribution in [0.4, 0.5) is 0 Å². The highest BCUT2D eigenvalue weighted by Crippen LogP contribution is 2.28. The highest BCUT2D eigenvalue weighted by Gasteiger charge is 2.10. The second kappa shape index (κ2) is 14.3. The summed E-state index contributed by atoms with van der Waals surface area (Å²) in [5.41, 5.74) is 2.87. The molecule has 3 aromatic carbocycles. The van der Waals surface area contributed by atoms with Crippen molar-refractivity contribution in [2.75, 3.05) is 33.9 Å². The molecule has 7 heteroatoms. The minimum absolute atomic E-state index is 0.0862. The largest absolute Gasteiger partial charge is 0.493 e. The molecule has 0 spiro atoms. The van der Waals surface area contributed by atoms with E-state index in [1.807, 2.05) is 49.5 Å². The van der Waals surface area contributed by atoms with Gasteiger partial charge in [0.25, 0.3) is 0 Å². The zero-order valence-electron chi connectivity index (χ0n) is 21.3. The van der Waals surface area contributed by atoms with Crippen LogP contribution in [0.3, 0.4) is 0 Å². The topological polar surface area (TPSA) is 85.3 Å². The molecule has 0 unspecified atom stereocenters. The fourth-order valence-electron chi connectivity index (χ4n) is 3.58. The number of hydrogen-bond acceptors (Lipinski definition) is 5. The molecule has 0 aromatic heterocycles. The Balaban J connectivity index is 1.37. The third kappa shape index (κ3) is 9.37. The second-order valence-electron chi connectivity index (χ2n) is 8.50. The number of benzene rings is 3. The Labute approximate surface area is 217 Å². The van der Waals surface area contributed by atoms with Crippen LogP contribution in [-0.2, 0) is 22.4 Å². The zero-order chi connectivity index (χ0) is 26.5. The maximum atomic E-state index is 12.5. The first-order valence-corrected chi connectivity index (χ1v) is 12.2. The van der Waals surface area contributed by atoms with Crippen LogP contribution in [0.25, 0.3) is 6.08 Å². The molecule has 1 amide bonds. The molecule has 37 heavy (non-hydrogen) atoms. The van der Waals surface area contributed by atoms with Crippen LogP contribution >= 0.6 is 0 Å². The van der Waals surface area contributed by atoms with Gasteiger partial charge in [-0.05, 0) is 53.5 Å². The van der Waals surface area contributed by atoms with E-state index in [2.05, 4.69) is 12.1 Å². The molecule has 0 radical (unpaired) electrons. The SMILES string of the molecule is COc1cc(/C=C/C(=O)O)ccc1OCCCOc1ccc(CC(=O)N(C)CCc2ccccc2)cc1. The van der Waals surface area contributed by atoms with Gasteiger partial charge >= 0.3 is 5.97 Å². The fourth-order valence-corrected chi connectivity index (χ4v) is 3.58. The quantitative estimate of drug-likeness (QED) is 0.249. The first kappa shape index (κ1) is 27.3. The maximum absolute atomic E-state index is 12.5. The van der Waals surface area contributed by atoms with Crippen LogP contribution in [0.5, 0.6) is 17.2 Å². The minimum atomic E-state index is -1.01. The highest BCUT2D eigenvalue weighted by atomic mass is 16.5. The van der Waals surface area contributed by atoms with E-state index >= 15 is 0 Å². The van der Waals surface area contributed by atoms with Crippen molar-refractivity contribution in [3.05, 3.63) is 95.6 Å². The number of ether oxygens (including phenoxy) is 3. The van der Waals surface area contributed by atoms with Crippen molar-refractivity contribution in [1.82, 2.24) is 4.90 Å². The molecule has 0 aliphatic rings.